The van der Waals surface area contributed by atoms with Gasteiger partial charge < -0.3 is 30.1 Å². The van der Waals surface area contributed by atoms with Crippen LogP contribution in [0.25, 0.3) is 0 Å². The van der Waals surface area contributed by atoms with Crippen molar-refractivity contribution in [3.05, 3.63) is 35.9 Å². The van der Waals surface area contributed by atoms with Crippen molar-refractivity contribution >= 4 is 29.4 Å². The fourth-order valence-electron chi connectivity index (χ4n) is 7.57. The molecule has 0 aromatic heterocycles. The van der Waals surface area contributed by atoms with E-state index in [4.69, 9.17) is 15.2 Å². The molecule has 0 bridgehead atoms. The second kappa shape index (κ2) is 21.0. The number of carboxylic acid groups (broad SMARTS) is 1. The average Bonchev–Trinajstić information content (AvgIpc) is 3.62. The molecule has 3 N–H and O–H groups in total. The number of likely N-dealkylation sites (N-methyl/N-ethyl adjacent to an activating group) is 2. The van der Waals surface area contributed by atoms with Crippen molar-refractivity contribution in [2.75, 3.05) is 48.5 Å². The highest BCUT2D eigenvalue weighted by Crippen LogP contribution is 2.32. The second-order valence-corrected chi connectivity index (χ2v) is 15.9. The molecule has 2 amide bonds. The van der Waals surface area contributed by atoms with Crippen LogP contribution in [0.1, 0.15) is 85.6 Å². The van der Waals surface area contributed by atoms with Crippen LogP contribution in [0.3, 0.4) is 0 Å². The number of Topliss-reactive ketones (excluding diaryl/α,β-unsaturated/α-hetero) is 2. The first kappa shape index (κ1) is 46.0. The lowest BCUT2D eigenvalue weighted by atomic mass is 9.82. The van der Waals surface area contributed by atoms with Gasteiger partial charge >= 0.3 is 5.97 Å². The first-order chi connectivity index (χ1) is 24.9. The summed E-state index contributed by atoms with van der Waals surface area (Å²) >= 11 is 0. The van der Waals surface area contributed by atoms with Crippen molar-refractivity contribution in [3.63, 3.8) is 0 Å². The normalized spacial score (nSPS) is 19.5. The van der Waals surface area contributed by atoms with Gasteiger partial charge in [-0.05, 0) is 71.1 Å². The number of methoxy groups -OCH3 is 2. The van der Waals surface area contributed by atoms with Crippen LogP contribution >= 0.6 is 0 Å². The first-order valence-electron chi connectivity index (χ1n) is 19.2. The summed E-state index contributed by atoms with van der Waals surface area (Å²) in [5, 5.41) is 9.93. The highest BCUT2D eigenvalue weighted by atomic mass is 16.5. The molecule has 1 heterocycles. The van der Waals surface area contributed by atoms with Crippen LogP contribution in [0, 0.1) is 29.6 Å². The van der Waals surface area contributed by atoms with Crippen LogP contribution < -0.4 is 5.73 Å². The molecule has 0 saturated carbocycles. The number of likely N-dealkylation sites (tertiary alicyclic amines) is 1. The lowest BCUT2D eigenvalue weighted by Crippen LogP contribution is -2.55. The predicted molar refractivity (Wildman–Crippen MR) is 206 cm³/mol. The molecule has 9 atom stereocenters. The first-order valence-corrected chi connectivity index (χ1v) is 19.2. The number of rotatable bonds is 23. The van der Waals surface area contributed by atoms with E-state index in [-0.39, 0.29) is 73.5 Å². The molecule has 1 unspecified atom stereocenters. The number of hydrogen-bond acceptors (Lipinski definition) is 9. The van der Waals surface area contributed by atoms with Crippen LogP contribution in [-0.2, 0) is 39.9 Å². The number of ether oxygens (including phenoxy) is 2. The minimum absolute atomic E-state index is 0.000250. The molecule has 0 spiro atoms. The van der Waals surface area contributed by atoms with Gasteiger partial charge in [0.1, 0.15) is 5.78 Å². The fraction of sp³-hybridized carbons (Fsp3) is 0.732. The van der Waals surface area contributed by atoms with Gasteiger partial charge in [-0.1, -0.05) is 64.4 Å². The highest BCUT2D eigenvalue weighted by Gasteiger charge is 2.44. The Hall–Kier alpha value is -3.19. The Morgan fingerprint density at radius 1 is 0.962 bits per heavy atom. The number of benzene rings is 1. The Morgan fingerprint density at radius 2 is 1.58 bits per heavy atom. The number of ketones is 2. The number of amides is 2. The Labute approximate surface area is 318 Å². The van der Waals surface area contributed by atoms with E-state index in [0.29, 0.717) is 13.0 Å². The summed E-state index contributed by atoms with van der Waals surface area (Å²) in [6, 6.07) is 8.39. The molecule has 0 aliphatic carbocycles. The number of nitrogens with two attached hydrogens (primary N) is 1. The van der Waals surface area contributed by atoms with Crippen molar-refractivity contribution in [1.29, 1.82) is 0 Å². The quantitative estimate of drug-likeness (QED) is 0.165. The third kappa shape index (κ3) is 11.9. The molecule has 12 nitrogen and oxygen atoms in total. The summed E-state index contributed by atoms with van der Waals surface area (Å²) in [5.41, 5.74) is 6.15. The largest absolute Gasteiger partial charge is 0.481 e. The van der Waals surface area contributed by atoms with E-state index in [9.17, 15) is 29.1 Å². The van der Waals surface area contributed by atoms with E-state index in [1.807, 2.05) is 83.9 Å². The zero-order valence-corrected chi connectivity index (χ0v) is 34.2. The van der Waals surface area contributed by atoms with Gasteiger partial charge in [-0.2, -0.15) is 0 Å². The Kier molecular flexibility index (Phi) is 18.3. The second-order valence-electron chi connectivity index (χ2n) is 15.9. The van der Waals surface area contributed by atoms with Crippen molar-refractivity contribution < 1.29 is 38.6 Å². The highest BCUT2D eigenvalue weighted by molar-refractivity contribution is 5.92. The smallest absolute Gasteiger partial charge is 0.307 e. The molecule has 1 aromatic rings. The molecule has 300 valence electrons. The van der Waals surface area contributed by atoms with Crippen LogP contribution in [-0.4, -0.2) is 127 Å². The molecular formula is C41H68N4O8. The Bertz CT molecular complexity index is 1350. The summed E-state index contributed by atoms with van der Waals surface area (Å²) in [5.74, 6) is -4.14. The molecule has 1 aliphatic heterocycles. The fourth-order valence-corrected chi connectivity index (χ4v) is 7.57. The Morgan fingerprint density at radius 3 is 2.09 bits per heavy atom. The minimum atomic E-state index is -1.03. The van der Waals surface area contributed by atoms with Crippen molar-refractivity contribution in [2.45, 2.75) is 116 Å². The number of nitrogens with zero attached hydrogens (tertiary/aromatic N) is 3. The van der Waals surface area contributed by atoms with Gasteiger partial charge in [0.05, 0.1) is 42.2 Å². The summed E-state index contributed by atoms with van der Waals surface area (Å²) in [6.07, 6.45) is 0.946. The van der Waals surface area contributed by atoms with Gasteiger partial charge in [0, 0.05) is 52.5 Å². The number of carbonyl (C=O) groups excluding carboxylic acids is 4. The molecular weight excluding hydrogens is 676 g/mol. The maximum Gasteiger partial charge on any atom is 0.307 e. The van der Waals surface area contributed by atoms with Gasteiger partial charge in [-0.15, -0.1) is 0 Å². The third-order valence-corrected chi connectivity index (χ3v) is 12.1. The van der Waals surface area contributed by atoms with Gasteiger partial charge in [-0.3, -0.25) is 28.9 Å². The minimum Gasteiger partial charge on any atom is -0.481 e. The van der Waals surface area contributed by atoms with Gasteiger partial charge in [0.15, 0.2) is 5.78 Å². The standard InChI is InChI=1S/C41H68N4O8/c1-12-26(2)37(44(9)39(49)31(27(3)25-42)23-35(47)41(5,6)43(7)8)34(52-10)24-36(48)45-20-16-19-32(45)38(53-11)28(4)33(46)22-30(40(50)51)21-29-17-14-13-15-18-29/h13-15,17-18,26-28,30-32,34,37-38H,12,16,19-25,42H2,1-11H3,(H,50,51)/t26-,27?,28-,30+,31-,32-,34+,37-,38+/m0/s1. The predicted octanol–water partition coefficient (Wildman–Crippen LogP) is 4.32. The summed E-state index contributed by atoms with van der Waals surface area (Å²) in [7, 11) is 8.47. The zero-order valence-electron chi connectivity index (χ0n) is 34.2. The third-order valence-electron chi connectivity index (χ3n) is 12.1. The summed E-state index contributed by atoms with van der Waals surface area (Å²) in [4.78, 5) is 73.0. The molecule has 0 radical (unpaired) electrons. The molecule has 12 heteroatoms. The van der Waals surface area contributed by atoms with Crippen molar-refractivity contribution in [2.24, 2.45) is 35.3 Å². The van der Waals surface area contributed by atoms with Gasteiger partial charge in [-0.25, -0.2) is 0 Å². The van der Waals surface area contributed by atoms with E-state index >= 15 is 0 Å². The number of carboxylic acids is 1. The van der Waals surface area contributed by atoms with Crippen LogP contribution in [0.15, 0.2) is 30.3 Å². The van der Waals surface area contributed by atoms with Crippen LogP contribution in [0.2, 0.25) is 0 Å². The molecule has 53 heavy (non-hydrogen) atoms. The van der Waals surface area contributed by atoms with Gasteiger partial charge in [0.2, 0.25) is 11.8 Å². The van der Waals surface area contributed by atoms with E-state index in [0.717, 1.165) is 18.4 Å². The number of aliphatic carboxylic acids is 1. The monoisotopic (exact) mass is 745 g/mol. The summed E-state index contributed by atoms with van der Waals surface area (Å²) in [6.45, 7) is 12.1. The van der Waals surface area contributed by atoms with E-state index < -0.39 is 47.5 Å². The van der Waals surface area contributed by atoms with Crippen molar-refractivity contribution in [1.82, 2.24) is 14.7 Å². The zero-order chi connectivity index (χ0) is 40.2. The van der Waals surface area contributed by atoms with Crippen LogP contribution in [0.4, 0.5) is 0 Å². The molecule has 1 saturated heterocycles. The van der Waals surface area contributed by atoms with Crippen molar-refractivity contribution in [3.8, 4) is 0 Å². The maximum atomic E-state index is 14.3. The SMILES string of the molecule is CC[C@H](C)[C@@H]([C@@H](CC(=O)N1CCC[C@H]1[C@H](OC)[C@@H](C)C(=O)C[C@@H](Cc1ccccc1)C(=O)O)OC)N(C)C(=O)[C@@H](CC(=O)C(C)(C)N(C)C)C(C)CN. The van der Waals surface area contributed by atoms with Gasteiger partial charge in [0.25, 0.3) is 0 Å². The lowest BCUT2D eigenvalue weighted by Gasteiger charge is -2.41. The summed E-state index contributed by atoms with van der Waals surface area (Å²) < 4.78 is 11.9. The van der Waals surface area contributed by atoms with Crippen LogP contribution in [0.5, 0.6) is 0 Å². The van der Waals surface area contributed by atoms with E-state index in [1.54, 1.807) is 30.9 Å². The lowest BCUT2D eigenvalue weighted by molar-refractivity contribution is -0.150. The molecule has 1 aliphatic rings. The Balaban J connectivity index is 2.29. The molecule has 1 fully saturated rings. The number of hydrogen-bond donors (Lipinski definition) is 2. The average molecular weight is 745 g/mol. The number of carbonyl (C=O) groups is 5. The topological polar surface area (TPSA) is 160 Å². The maximum absolute atomic E-state index is 14.3. The molecule has 2 rings (SSSR count). The van der Waals surface area contributed by atoms with E-state index in [2.05, 4.69) is 0 Å². The van der Waals surface area contributed by atoms with E-state index in [1.165, 1.54) is 7.11 Å². The molecule has 1 aromatic carbocycles.